The molecule has 1 aromatic carbocycles. The van der Waals surface area contributed by atoms with Crippen LogP contribution in [0.15, 0.2) is 60.9 Å². The summed E-state index contributed by atoms with van der Waals surface area (Å²) in [5.74, 6) is 0.143. The minimum absolute atomic E-state index is 0.0438. The number of carbonyl (C=O) groups excluding carboxylic acids is 1. The van der Waals surface area contributed by atoms with E-state index in [0.29, 0.717) is 11.2 Å². The van der Waals surface area contributed by atoms with E-state index in [9.17, 15) is 4.79 Å². The number of H-pyrrole nitrogens is 1. The molecule has 0 aliphatic carbocycles. The highest BCUT2D eigenvalue weighted by Gasteiger charge is 2.33. The maximum Gasteiger partial charge on any atom is 0.253 e. The van der Waals surface area contributed by atoms with Gasteiger partial charge in [-0.3, -0.25) is 14.9 Å². The molecule has 1 saturated heterocycles. The minimum Gasteiger partial charge on any atom is -0.347 e. The smallest absolute Gasteiger partial charge is 0.253 e. The number of rotatable bonds is 4. The largest absolute Gasteiger partial charge is 0.347 e. The first-order valence-corrected chi connectivity index (χ1v) is 10.4. The standard InChI is InChI=1S/C24H24N6O/c1-15-10-17(8-9-25-15)22-19-11-18(12-26-23(19)29-28-22)24(31)27-21-14-30(2)13-20(21)16-6-4-3-5-7-16/h3-12,20-21H,13-14H2,1-2H3,(H,27,31)(H,26,28,29)/t20-,21+/m1/s1. The Hall–Kier alpha value is -3.58. The van der Waals surface area contributed by atoms with Crippen molar-refractivity contribution in [2.24, 2.45) is 0 Å². The Labute approximate surface area is 180 Å². The summed E-state index contributed by atoms with van der Waals surface area (Å²) in [4.78, 5) is 24.1. The van der Waals surface area contributed by atoms with E-state index in [1.165, 1.54) is 5.56 Å². The quantitative estimate of drug-likeness (QED) is 0.538. The summed E-state index contributed by atoms with van der Waals surface area (Å²) < 4.78 is 0. The van der Waals surface area contributed by atoms with Crippen LogP contribution in [0.1, 0.15) is 27.5 Å². The highest BCUT2D eigenvalue weighted by molar-refractivity contribution is 6.00. The second kappa shape index (κ2) is 7.92. The first-order valence-electron chi connectivity index (χ1n) is 10.4. The van der Waals surface area contributed by atoms with Gasteiger partial charge in [0.15, 0.2) is 5.65 Å². The molecule has 2 atom stereocenters. The summed E-state index contributed by atoms with van der Waals surface area (Å²) in [5.41, 5.74) is 5.06. The normalized spacial score (nSPS) is 19.0. The average molecular weight is 412 g/mol. The second-order valence-corrected chi connectivity index (χ2v) is 8.20. The summed E-state index contributed by atoms with van der Waals surface area (Å²) in [5, 5.41) is 11.4. The van der Waals surface area contributed by atoms with Gasteiger partial charge in [-0.05, 0) is 37.7 Å². The molecule has 1 aliphatic heterocycles. The van der Waals surface area contributed by atoms with Crippen molar-refractivity contribution in [3.8, 4) is 11.3 Å². The van der Waals surface area contributed by atoms with Gasteiger partial charge in [0.25, 0.3) is 5.91 Å². The summed E-state index contributed by atoms with van der Waals surface area (Å²) >= 11 is 0. The van der Waals surface area contributed by atoms with E-state index < -0.39 is 0 Å². The van der Waals surface area contributed by atoms with Gasteiger partial charge in [0.05, 0.1) is 5.56 Å². The van der Waals surface area contributed by atoms with Gasteiger partial charge in [-0.25, -0.2) is 4.98 Å². The Morgan fingerprint density at radius 1 is 1.13 bits per heavy atom. The van der Waals surface area contributed by atoms with Gasteiger partial charge >= 0.3 is 0 Å². The molecule has 4 heterocycles. The lowest BCUT2D eigenvalue weighted by Crippen LogP contribution is -2.39. The lowest BCUT2D eigenvalue weighted by molar-refractivity contribution is 0.0935. The molecular formula is C24H24N6O. The SMILES string of the molecule is Cc1cc(-c2n[nH]c3ncc(C(=O)N[C@H]4CN(C)C[C@@H]4c4ccccc4)cc23)ccn1. The second-order valence-electron chi connectivity index (χ2n) is 8.20. The first-order chi connectivity index (χ1) is 15.1. The van der Waals surface area contributed by atoms with E-state index in [2.05, 4.69) is 49.6 Å². The number of pyridine rings is 2. The Morgan fingerprint density at radius 3 is 2.77 bits per heavy atom. The predicted octanol–water partition coefficient (Wildman–Crippen LogP) is 3.16. The summed E-state index contributed by atoms with van der Waals surface area (Å²) in [6.07, 6.45) is 3.36. The number of hydrogen-bond acceptors (Lipinski definition) is 5. The van der Waals surface area contributed by atoms with Crippen molar-refractivity contribution >= 4 is 16.9 Å². The molecule has 0 bridgehead atoms. The maximum absolute atomic E-state index is 13.1. The molecule has 4 aromatic rings. The van der Waals surface area contributed by atoms with E-state index in [1.54, 1.807) is 12.4 Å². The van der Waals surface area contributed by atoms with Crippen LogP contribution < -0.4 is 5.32 Å². The number of nitrogens with one attached hydrogen (secondary N) is 2. The zero-order chi connectivity index (χ0) is 21.4. The Kier molecular flexibility index (Phi) is 4.95. The van der Waals surface area contributed by atoms with Crippen molar-refractivity contribution in [2.75, 3.05) is 20.1 Å². The van der Waals surface area contributed by atoms with Crippen LogP contribution in [-0.2, 0) is 0 Å². The molecule has 0 radical (unpaired) electrons. The molecule has 3 aromatic heterocycles. The zero-order valence-corrected chi connectivity index (χ0v) is 17.5. The fourth-order valence-corrected chi connectivity index (χ4v) is 4.38. The van der Waals surface area contributed by atoms with Gasteiger partial charge in [-0.1, -0.05) is 30.3 Å². The van der Waals surface area contributed by atoms with Crippen LogP contribution in [0.4, 0.5) is 0 Å². The lowest BCUT2D eigenvalue weighted by atomic mass is 9.94. The number of nitrogens with zero attached hydrogens (tertiary/aromatic N) is 4. The number of likely N-dealkylation sites (N-methyl/N-ethyl adjacent to an activating group) is 1. The average Bonchev–Trinajstić information content (AvgIpc) is 3.37. The van der Waals surface area contributed by atoms with Crippen LogP contribution in [0.25, 0.3) is 22.3 Å². The van der Waals surface area contributed by atoms with Gasteiger partial charge in [0.1, 0.15) is 5.69 Å². The van der Waals surface area contributed by atoms with Crippen LogP contribution >= 0.6 is 0 Å². The van der Waals surface area contributed by atoms with Gasteiger partial charge in [-0.2, -0.15) is 5.10 Å². The number of amides is 1. The number of aromatic amines is 1. The van der Waals surface area contributed by atoms with Crippen molar-refractivity contribution in [3.05, 3.63) is 77.7 Å². The molecule has 31 heavy (non-hydrogen) atoms. The lowest BCUT2D eigenvalue weighted by Gasteiger charge is -2.20. The summed E-state index contributed by atoms with van der Waals surface area (Å²) in [6.45, 7) is 3.67. The van der Waals surface area contributed by atoms with E-state index in [-0.39, 0.29) is 17.9 Å². The fraction of sp³-hybridized carbons (Fsp3) is 0.250. The number of aryl methyl sites for hydroxylation is 1. The van der Waals surface area contributed by atoms with Gasteiger partial charge in [0.2, 0.25) is 0 Å². The third-order valence-corrected chi connectivity index (χ3v) is 5.90. The van der Waals surface area contributed by atoms with Crippen molar-refractivity contribution in [2.45, 2.75) is 18.9 Å². The van der Waals surface area contributed by atoms with Crippen molar-refractivity contribution in [3.63, 3.8) is 0 Å². The number of benzene rings is 1. The monoisotopic (exact) mass is 412 g/mol. The molecule has 7 nitrogen and oxygen atoms in total. The first kappa shape index (κ1) is 19.4. The van der Waals surface area contributed by atoms with E-state index >= 15 is 0 Å². The van der Waals surface area contributed by atoms with E-state index in [1.807, 2.05) is 43.3 Å². The Balaban J connectivity index is 1.43. The zero-order valence-electron chi connectivity index (χ0n) is 17.5. The Bertz CT molecular complexity index is 1240. The molecule has 1 aliphatic rings. The fourth-order valence-electron chi connectivity index (χ4n) is 4.38. The topological polar surface area (TPSA) is 86.8 Å². The third kappa shape index (κ3) is 3.80. The van der Waals surface area contributed by atoms with Gasteiger partial charge in [0, 0.05) is 54.1 Å². The number of likely N-dealkylation sites (tertiary alicyclic amines) is 1. The van der Waals surface area contributed by atoms with Crippen molar-refractivity contribution < 1.29 is 4.79 Å². The number of aromatic nitrogens is 4. The molecule has 5 rings (SSSR count). The highest BCUT2D eigenvalue weighted by Crippen LogP contribution is 2.28. The van der Waals surface area contributed by atoms with Crippen molar-refractivity contribution in [1.82, 2.24) is 30.4 Å². The molecule has 0 unspecified atom stereocenters. The molecule has 156 valence electrons. The van der Waals surface area contributed by atoms with Crippen LogP contribution in [0.3, 0.4) is 0 Å². The van der Waals surface area contributed by atoms with Crippen LogP contribution in [-0.4, -0.2) is 57.2 Å². The van der Waals surface area contributed by atoms with Crippen LogP contribution in [0, 0.1) is 6.92 Å². The maximum atomic E-state index is 13.1. The molecular weight excluding hydrogens is 388 g/mol. The third-order valence-electron chi connectivity index (χ3n) is 5.90. The molecule has 1 amide bonds. The summed E-state index contributed by atoms with van der Waals surface area (Å²) in [7, 11) is 2.09. The molecule has 1 fully saturated rings. The molecule has 0 spiro atoms. The van der Waals surface area contributed by atoms with Crippen molar-refractivity contribution in [1.29, 1.82) is 0 Å². The Morgan fingerprint density at radius 2 is 1.97 bits per heavy atom. The molecule has 2 N–H and O–H groups in total. The van der Waals surface area contributed by atoms with Crippen LogP contribution in [0.2, 0.25) is 0 Å². The highest BCUT2D eigenvalue weighted by atomic mass is 16.1. The number of hydrogen-bond donors (Lipinski definition) is 2. The van der Waals surface area contributed by atoms with E-state index in [4.69, 9.17) is 0 Å². The molecule has 0 saturated carbocycles. The summed E-state index contributed by atoms with van der Waals surface area (Å²) in [6, 6.07) is 16.2. The van der Waals surface area contributed by atoms with Gasteiger partial charge in [-0.15, -0.1) is 0 Å². The predicted molar refractivity (Wildman–Crippen MR) is 120 cm³/mol. The van der Waals surface area contributed by atoms with E-state index in [0.717, 1.165) is 35.4 Å². The number of carbonyl (C=O) groups is 1. The van der Waals surface area contributed by atoms with Crippen LogP contribution in [0.5, 0.6) is 0 Å². The minimum atomic E-state index is -0.117. The molecule has 7 heteroatoms. The number of fused-ring (bicyclic) bond motifs is 1. The van der Waals surface area contributed by atoms with Gasteiger partial charge < -0.3 is 10.2 Å².